The van der Waals surface area contributed by atoms with E-state index < -0.39 is 5.54 Å². The van der Waals surface area contributed by atoms with Crippen LogP contribution in [-0.4, -0.2) is 10.1 Å². The fourth-order valence-corrected chi connectivity index (χ4v) is 4.22. The van der Waals surface area contributed by atoms with Crippen LogP contribution < -0.4 is 10.5 Å². The number of nitrogens with zero attached hydrogens (tertiary/aromatic N) is 2. The summed E-state index contributed by atoms with van der Waals surface area (Å²) in [7, 11) is 0. The Morgan fingerprint density at radius 1 is 1.11 bits per heavy atom. The molecule has 0 atom stereocenters. The molecule has 0 aliphatic heterocycles. The van der Waals surface area contributed by atoms with Crippen molar-refractivity contribution >= 4 is 23.4 Å². The first-order valence-corrected chi connectivity index (χ1v) is 9.50. The monoisotopic (exact) mass is 389 g/mol. The molecule has 0 radical (unpaired) electrons. The van der Waals surface area contributed by atoms with Gasteiger partial charge in [-0.15, -0.1) is 12.4 Å². The standard InChI is InChI=1S/C20H23N3O3.ClH/c21-20(9-3-4-10-20)19-22-18(26-23-19)12-24-13-7-8-17-15(11-13)14-5-1-2-6-16(14)25-17;/h7-8,11H,1-6,9-10,12,21H2;1H. The number of aromatic nitrogens is 2. The predicted molar refractivity (Wildman–Crippen MR) is 103 cm³/mol. The number of benzene rings is 1. The number of aryl methyl sites for hydroxylation is 2. The summed E-state index contributed by atoms with van der Waals surface area (Å²) in [4.78, 5) is 4.46. The first kappa shape index (κ1) is 18.3. The smallest absolute Gasteiger partial charge is 0.264 e. The molecule has 1 aromatic carbocycles. The fourth-order valence-electron chi connectivity index (χ4n) is 4.22. The van der Waals surface area contributed by atoms with Crippen LogP contribution in [0.15, 0.2) is 27.1 Å². The Bertz CT molecular complexity index is 943. The lowest BCUT2D eigenvalue weighted by Crippen LogP contribution is -2.34. The van der Waals surface area contributed by atoms with E-state index in [1.165, 1.54) is 18.4 Å². The van der Waals surface area contributed by atoms with E-state index in [1.54, 1.807) is 0 Å². The van der Waals surface area contributed by atoms with Gasteiger partial charge in [0.2, 0.25) is 0 Å². The summed E-state index contributed by atoms with van der Waals surface area (Å²) in [5, 5.41) is 5.24. The Labute approximate surface area is 163 Å². The summed E-state index contributed by atoms with van der Waals surface area (Å²) < 4.78 is 17.2. The normalized spacial score (nSPS) is 18.3. The van der Waals surface area contributed by atoms with Crippen LogP contribution in [0.3, 0.4) is 0 Å². The Hall–Kier alpha value is -2.05. The van der Waals surface area contributed by atoms with Crippen LogP contribution >= 0.6 is 12.4 Å². The molecule has 6 nitrogen and oxygen atoms in total. The van der Waals surface area contributed by atoms with Gasteiger partial charge in [0.1, 0.15) is 17.1 Å². The second-order valence-corrected chi connectivity index (χ2v) is 7.53. The van der Waals surface area contributed by atoms with E-state index in [4.69, 9.17) is 19.4 Å². The topological polar surface area (TPSA) is 87.3 Å². The van der Waals surface area contributed by atoms with Crippen molar-refractivity contribution in [3.8, 4) is 5.75 Å². The van der Waals surface area contributed by atoms with Crippen LogP contribution in [0.5, 0.6) is 5.75 Å². The van der Waals surface area contributed by atoms with Crippen LogP contribution in [-0.2, 0) is 25.0 Å². The van der Waals surface area contributed by atoms with Gasteiger partial charge in [-0.25, -0.2) is 0 Å². The molecule has 2 aliphatic rings. The van der Waals surface area contributed by atoms with Crippen molar-refractivity contribution in [2.75, 3.05) is 0 Å². The van der Waals surface area contributed by atoms with Gasteiger partial charge in [0.25, 0.3) is 5.89 Å². The van der Waals surface area contributed by atoms with Gasteiger partial charge in [0.05, 0.1) is 5.54 Å². The molecule has 27 heavy (non-hydrogen) atoms. The van der Waals surface area contributed by atoms with E-state index in [-0.39, 0.29) is 19.0 Å². The minimum absolute atomic E-state index is 0. The predicted octanol–water partition coefficient (Wildman–Crippen LogP) is 4.42. The molecule has 1 saturated carbocycles. The number of nitrogens with two attached hydrogens (primary N) is 1. The minimum Gasteiger partial charge on any atom is -0.484 e. The maximum absolute atomic E-state index is 6.38. The van der Waals surface area contributed by atoms with E-state index in [1.807, 2.05) is 12.1 Å². The van der Waals surface area contributed by atoms with Gasteiger partial charge in [0, 0.05) is 17.4 Å². The Balaban J connectivity index is 0.00000180. The maximum atomic E-state index is 6.38. The molecule has 0 amide bonds. The molecule has 2 N–H and O–H groups in total. The largest absolute Gasteiger partial charge is 0.484 e. The molecule has 0 spiro atoms. The fraction of sp³-hybridized carbons (Fsp3) is 0.500. The lowest BCUT2D eigenvalue weighted by molar-refractivity contribution is 0.241. The molecule has 0 unspecified atom stereocenters. The van der Waals surface area contributed by atoms with Crippen molar-refractivity contribution in [3.63, 3.8) is 0 Å². The number of hydrogen-bond donors (Lipinski definition) is 1. The van der Waals surface area contributed by atoms with Gasteiger partial charge in [-0.05, 0) is 50.3 Å². The molecule has 1 fully saturated rings. The zero-order valence-electron chi connectivity index (χ0n) is 15.2. The van der Waals surface area contributed by atoms with Gasteiger partial charge in [-0.3, -0.25) is 0 Å². The van der Waals surface area contributed by atoms with E-state index >= 15 is 0 Å². The summed E-state index contributed by atoms with van der Waals surface area (Å²) in [6.07, 6.45) is 8.60. The number of fused-ring (bicyclic) bond motifs is 3. The maximum Gasteiger partial charge on any atom is 0.264 e. The summed E-state index contributed by atoms with van der Waals surface area (Å²) in [6.45, 7) is 0.245. The Morgan fingerprint density at radius 3 is 2.78 bits per heavy atom. The average Bonchev–Trinajstić information content (AvgIpc) is 3.38. The van der Waals surface area contributed by atoms with Gasteiger partial charge in [-0.2, -0.15) is 4.98 Å². The van der Waals surface area contributed by atoms with Crippen molar-refractivity contribution in [3.05, 3.63) is 41.2 Å². The van der Waals surface area contributed by atoms with E-state index in [0.29, 0.717) is 11.7 Å². The highest BCUT2D eigenvalue weighted by Gasteiger charge is 2.36. The summed E-state index contributed by atoms with van der Waals surface area (Å²) >= 11 is 0. The number of rotatable bonds is 4. The van der Waals surface area contributed by atoms with Crippen LogP contribution in [0.2, 0.25) is 0 Å². The number of halogens is 1. The Morgan fingerprint density at radius 2 is 1.93 bits per heavy atom. The highest BCUT2D eigenvalue weighted by molar-refractivity contribution is 5.85. The molecular formula is C20H24ClN3O3. The SMILES string of the molecule is Cl.NC1(c2noc(COc3ccc4oc5c(c4c3)CCCC5)n2)CCCC1. The van der Waals surface area contributed by atoms with E-state index in [9.17, 15) is 0 Å². The lowest BCUT2D eigenvalue weighted by atomic mass is 9.96. The van der Waals surface area contributed by atoms with Gasteiger partial charge in [0.15, 0.2) is 12.4 Å². The first-order chi connectivity index (χ1) is 12.7. The molecule has 2 aliphatic carbocycles. The number of ether oxygens (including phenoxy) is 1. The number of furan rings is 1. The summed E-state index contributed by atoms with van der Waals surface area (Å²) in [5.74, 6) is 2.99. The van der Waals surface area contributed by atoms with Crippen molar-refractivity contribution in [1.29, 1.82) is 0 Å². The molecule has 2 heterocycles. The van der Waals surface area contributed by atoms with Crippen molar-refractivity contribution < 1.29 is 13.7 Å². The van der Waals surface area contributed by atoms with Crippen LogP contribution in [0.25, 0.3) is 11.0 Å². The van der Waals surface area contributed by atoms with Crippen LogP contribution in [0, 0.1) is 0 Å². The quantitative estimate of drug-likeness (QED) is 0.710. The zero-order chi connectivity index (χ0) is 17.6. The van der Waals surface area contributed by atoms with Crippen molar-refractivity contribution in [2.24, 2.45) is 5.73 Å². The Kier molecular flexibility index (Phi) is 4.86. The van der Waals surface area contributed by atoms with Gasteiger partial charge >= 0.3 is 0 Å². The molecular weight excluding hydrogens is 366 g/mol. The summed E-state index contributed by atoms with van der Waals surface area (Å²) in [5.41, 5.74) is 8.22. The number of hydrogen-bond acceptors (Lipinski definition) is 6. The molecule has 0 saturated heterocycles. The van der Waals surface area contributed by atoms with Crippen molar-refractivity contribution in [1.82, 2.24) is 10.1 Å². The summed E-state index contributed by atoms with van der Waals surface area (Å²) in [6, 6.07) is 5.97. The van der Waals surface area contributed by atoms with Crippen LogP contribution in [0.4, 0.5) is 0 Å². The average molecular weight is 390 g/mol. The third-order valence-corrected chi connectivity index (χ3v) is 5.70. The molecule has 2 aromatic heterocycles. The van der Waals surface area contributed by atoms with Gasteiger partial charge in [-0.1, -0.05) is 18.0 Å². The van der Waals surface area contributed by atoms with Gasteiger partial charge < -0.3 is 19.4 Å². The van der Waals surface area contributed by atoms with E-state index in [0.717, 1.165) is 61.0 Å². The second-order valence-electron chi connectivity index (χ2n) is 7.53. The van der Waals surface area contributed by atoms with E-state index in [2.05, 4.69) is 16.2 Å². The molecule has 5 rings (SSSR count). The first-order valence-electron chi connectivity index (χ1n) is 9.50. The molecule has 0 bridgehead atoms. The second kappa shape index (κ2) is 7.17. The van der Waals surface area contributed by atoms with Crippen molar-refractivity contribution in [2.45, 2.75) is 63.5 Å². The minimum atomic E-state index is -0.434. The lowest BCUT2D eigenvalue weighted by Gasteiger charge is -2.17. The highest BCUT2D eigenvalue weighted by Crippen LogP contribution is 2.35. The molecule has 144 valence electrons. The molecule has 7 heteroatoms. The zero-order valence-corrected chi connectivity index (χ0v) is 16.0. The highest BCUT2D eigenvalue weighted by atomic mass is 35.5. The third-order valence-electron chi connectivity index (χ3n) is 5.70. The third kappa shape index (κ3) is 3.32. The molecule has 3 aromatic rings. The van der Waals surface area contributed by atoms with Crippen LogP contribution in [0.1, 0.15) is 61.6 Å².